The van der Waals surface area contributed by atoms with Crippen molar-refractivity contribution in [1.29, 1.82) is 0 Å². The molecule has 3 aliphatic carbocycles. The van der Waals surface area contributed by atoms with Crippen LogP contribution in [0.4, 0.5) is 0 Å². The zero-order valence-electron chi connectivity index (χ0n) is 7.26. The molecule has 3 saturated carbocycles. The van der Waals surface area contributed by atoms with Gasteiger partial charge in [0.25, 0.3) is 0 Å². The Labute approximate surface area is 76.2 Å². The molecule has 0 heterocycles. The molecule has 4 nitrogen and oxygen atoms in total. The molecule has 3 rings (SSSR count). The highest BCUT2D eigenvalue weighted by Crippen LogP contribution is 2.45. The Balaban J connectivity index is 2.18. The summed E-state index contributed by atoms with van der Waals surface area (Å²) in [6, 6.07) is 0. The second-order valence-corrected chi connectivity index (χ2v) is 4.16. The van der Waals surface area contributed by atoms with Gasteiger partial charge in [0.2, 0.25) is 0 Å². The lowest BCUT2D eigenvalue weighted by Crippen LogP contribution is -2.53. The fourth-order valence-corrected chi connectivity index (χ4v) is 2.76. The van der Waals surface area contributed by atoms with Crippen LogP contribution in [-0.2, 0) is 4.79 Å². The number of fused-ring (bicyclic) bond motifs is 3. The first-order valence-electron chi connectivity index (χ1n) is 4.70. The Kier molecular flexibility index (Phi) is 2.04. The molecule has 0 aromatic heterocycles. The summed E-state index contributed by atoms with van der Waals surface area (Å²) in [5.41, 5.74) is 0. The minimum atomic E-state index is -0.833. The SMILES string of the molecule is O=C(O)C1CC2CCC1C(O)C2O. The summed E-state index contributed by atoms with van der Waals surface area (Å²) in [5.74, 6) is -1.53. The molecule has 0 aromatic carbocycles. The van der Waals surface area contributed by atoms with Crippen molar-refractivity contribution >= 4 is 5.97 Å². The van der Waals surface area contributed by atoms with Crippen LogP contribution in [0, 0.1) is 17.8 Å². The second kappa shape index (κ2) is 2.96. The molecule has 0 saturated heterocycles. The molecule has 74 valence electrons. The van der Waals surface area contributed by atoms with Crippen molar-refractivity contribution in [2.24, 2.45) is 17.8 Å². The van der Waals surface area contributed by atoms with Gasteiger partial charge in [0.15, 0.2) is 0 Å². The van der Waals surface area contributed by atoms with Crippen molar-refractivity contribution < 1.29 is 20.1 Å². The van der Waals surface area contributed by atoms with E-state index in [1.165, 1.54) is 0 Å². The number of carbonyl (C=O) groups is 1. The Morgan fingerprint density at radius 2 is 1.85 bits per heavy atom. The van der Waals surface area contributed by atoms with E-state index in [4.69, 9.17) is 5.11 Å². The van der Waals surface area contributed by atoms with Crippen LogP contribution in [0.5, 0.6) is 0 Å². The average Bonchev–Trinajstić information content (AvgIpc) is 2.12. The van der Waals surface area contributed by atoms with E-state index in [0.717, 1.165) is 12.8 Å². The number of hydrogen-bond donors (Lipinski definition) is 3. The lowest BCUT2D eigenvalue weighted by Gasteiger charge is -2.46. The number of carboxylic acids is 1. The first-order chi connectivity index (χ1) is 6.11. The van der Waals surface area contributed by atoms with Crippen LogP contribution < -0.4 is 0 Å². The smallest absolute Gasteiger partial charge is 0.306 e. The highest BCUT2D eigenvalue weighted by Gasteiger charge is 2.49. The Morgan fingerprint density at radius 1 is 1.15 bits per heavy atom. The number of aliphatic hydroxyl groups excluding tert-OH is 2. The van der Waals surface area contributed by atoms with Crippen molar-refractivity contribution in [3.05, 3.63) is 0 Å². The van der Waals surface area contributed by atoms with Crippen LogP contribution in [0.3, 0.4) is 0 Å². The van der Waals surface area contributed by atoms with E-state index < -0.39 is 24.1 Å². The third kappa shape index (κ3) is 1.25. The molecule has 3 fully saturated rings. The van der Waals surface area contributed by atoms with Gasteiger partial charge in [-0.2, -0.15) is 0 Å². The lowest BCUT2D eigenvalue weighted by atomic mass is 9.62. The maximum Gasteiger partial charge on any atom is 0.306 e. The van der Waals surface area contributed by atoms with Gasteiger partial charge in [-0.15, -0.1) is 0 Å². The third-order valence-corrected chi connectivity index (χ3v) is 3.53. The maximum atomic E-state index is 10.8. The van der Waals surface area contributed by atoms with Crippen molar-refractivity contribution in [3.8, 4) is 0 Å². The second-order valence-electron chi connectivity index (χ2n) is 4.16. The van der Waals surface area contributed by atoms with Gasteiger partial charge in [-0.05, 0) is 25.2 Å². The molecule has 0 spiro atoms. The molecule has 3 aliphatic rings. The maximum absolute atomic E-state index is 10.8. The minimum absolute atomic E-state index is 0.0129. The third-order valence-electron chi connectivity index (χ3n) is 3.53. The van der Waals surface area contributed by atoms with Gasteiger partial charge in [0, 0.05) is 5.92 Å². The summed E-state index contributed by atoms with van der Waals surface area (Å²) >= 11 is 0. The largest absolute Gasteiger partial charge is 0.481 e. The van der Waals surface area contributed by atoms with E-state index in [1.54, 1.807) is 0 Å². The molecule has 5 atom stereocenters. The summed E-state index contributed by atoms with van der Waals surface area (Å²) in [6.45, 7) is 0. The summed E-state index contributed by atoms with van der Waals surface area (Å²) < 4.78 is 0. The summed E-state index contributed by atoms with van der Waals surface area (Å²) in [4.78, 5) is 10.8. The first-order valence-corrected chi connectivity index (χ1v) is 4.70. The summed E-state index contributed by atoms with van der Waals surface area (Å²) in [7, 11) is 0. The zero-order chi connectivity index (χ0) is 9.59. The summed E-state index contributed by atoms with van der Waals surface area (Å²) in [5, 5.41) is 28.0. The fraction of sp³-hybridized carbons (Fsp3) is 0.889. The normalized spacial score (nSPS) is 49.2. The van der Waals surface area contributed by atoms with E-state index in [0.29, 0.717) is 6.42 Å². The Hall–Kier alpha value is -0.610. The van der Waals surface area contributed by atoms with Gasteiger partial charge in [0.05, 0.1) is 18.1 Å². The predicted octanol–water partition coefficient (Wildman–Crippen LogP) is -0.161. The van der Waals surface area contributed by atoms with Crippen LogP contribution in [-0.4, -0.2) is 33.5 Å². The van der Waals surface area contributed by atoms with Gasteiger partial charge in [0.1, 0.15) is 0 Å². The Bertz CT molecular complexity index is 226. The molecule has 5 unspecified atom stereocenters. The summed E-state index contributed by atoms with van der Waals surface area (Å²) in [6.07, 6.45) is 0.591. The Morgan fingerprint density at radius 3 is 2.38 bits per heavy atom. The highest BCUT2D eigenvalue weighted by molar-refractivity contribution is 5.71. The van der Waals surface area contributed by atoms with E-state index in [1.807, 2.05) is 0 Å². The number of aliphatic hydroxyl groups is 2. The zero-order valence-corrected chi connectivity index (χ0v) is 7.26. The van der Waals surface area contributed by atoms with Crippen molar-refractivity contribution in [2.75, 3.05) is 0 Å². The molecule has 2 bridgehead atoms. The van der Waals surface area contributed by atoms with Gasteiger partial charge in [-0.1, -0.05) is 0 Å². The van der Waals surface area contributed by atoms with Crippen molar-refractivity contribution in [2.45, 2.75) is 31.5 Å². The van der Waals surface area contributed by atoms with Crippen LogP contribution in [0.15, 0.2) is 0 Å². The van der Waals surface area contributed by atoms with E-state index >= 15 is 0 Å². The topological polar surface area (TPSA) is 77.8 Å². The number of rotatable bonds is 1. The fourth-order valence-electron chi connectivity index (χ4n) is 2.76. The molecule has 0 amide bonds. The van der Waals surface area contributed by atoms with Crippen LogP contribution >= 0.6 is 0 Å². The van der Waals surface area contributed by atoms with Crippen LogP contribution in [0.25, 0.3) is 0 Å². The number of hydrogen-bond acceptors (Lipinski definition) is 3. The molecule has 0 aliphatic heterocycles. The van der Waals surface area contributed by atoms with Crippen molar-refractivity contribution in [3.63, 3.8) is 0 Å². The van der Waals surface area contributed by atoms with Gasteiger partial charge in [-0.3, -0.25) is 4.79 Å². The number of aliphatic carboxylic acids is 1. The van der Waals surface area contributed by atoms with E-state index in [2.05, 4.69) is 0 Å². The van der Waals surface area contributed by atoms with Gasteiger partial charge in [-0.25, -0.2) is 0 Å². The predicted molar refractivity (Wildman–Crippen MR) is 44.0 cm³/mol. The standard InChI is InChI=1S/C9H14O4/c10-7-4-1-2-5(8(7)11)6(3-4)9(12)13/h4-8,10-11H,1-3H2,(H,12,13). The first kappa shape index (κ1) is 8.97. The monoisotopic (exact) mass is 186 g/mol. The molecular weight excluding hydrogens is 172 g/mol. The lowest BCUT2D eigenvalue weighted by molar-refractivity contribution is -0.167. The quantitative estimate of drug-likeness (QED) is 0.531. The van der Waals surface area contributed by atoms with Crippen molar-refractivity contribution in [1.82, 2.24) is 0 Å². The molecule has 3 N–H and O–H groups in total. The molecule has 4 heteroatoms. The highest BCUT2D eigenvalue weighted by atomic mass is 16.4. The minimum Gasteiger partial charge on any atom is -0.481 e. The van der Waals surface area contributed by atoms with Gasteiger partial charge >= 0.3 is 5.97 Å². The molecular formula is C9H14O4. The van der Waals surface area contributed by atoms with Crippen LogP contribution in [0.1, 0.15) is 19.3 Å². The average molecular weight is 186 g/mol. The van der Waals surface area contributed by atoms with E-state index in [-0.39, 0.29) is 11.8 Å². The van der Waals surface area contributed by atoms with Crippen LogP contribution in [0.2, 0.25) is 0 Å². The molecule has 0 aromatic rings. The number of carboxylic acid groups (broad SMARTS) is 1. The van der Waals surface area contributed by atoms with Gasteiger partial charge < -0.3 is 15.3 Å². The molecule has 0 radical (unpaired) electrons. The van der Waals surface area contributed by atoms with E-state index in [9.17, 15) is 15.0 Å². The molecule has 13 heavy (non-hydrogen) atoms.